The summed E-state index contributed by atoms with van der Waals surface area (Å²) in [4.78, 5) is 11.3. The van der Waals surface area contributed by atoms with Crippen molar-refractivity contribution in [1.82, 2.24) is 4.57 Å². The lowest BCUT2D eigenvalue weighted by molar-refractivity contribution is 0.0699. The molecule has 0 bridgehead atoms. The average molecular weight is 286 g/mol. The Morgan fingerprint density at radius 2 is 1.80 bits per heavy atom. The van der Waals surface area contributed by atoms with Crippen LogP contribution in [0, 0.1) is 0 Å². The maximum atomic E-state index is 11.3. The molecule has 1 N–H and O–H groups in total. The number of fused-ring (bicyclic) bond motifs is 1. The Hall–Kier alpha value is -2.26. The van der Waals surface area contributed by atoms with Crippen LogP contribution in [0.15, 0.2) is 54.7 Å². The molecule has 0 spiro atoms. The maximum absolute atomic E-state index is 11.3. The van der Waals surface area contributed by atoms with Crippen molar-refractivity contribution in [2.75, 3.05) is 0 Å². The van der Waals surface area contributed by atoms with Crippen molar-refractivity contribution in [2.24, 2.45) is 0 Å². The molecule has 0 amide bonds. The van der Waals surface area contributed by atoms with Crippen molar-refractivity contribution in [1.29, 1.82) is 0 Å². The highest BCUT2D eigenvalue weighted by Gasteiger charge is 2.13. The molecule has 1 heterocycles. The molecule has 20 heavy (non-hydrogen) atoms. The van der Waals surface area contributed by atoms with E-state index >= 15 is 0 Å². The van der Waals surface area contributed by atoms with Crippen molar-refractivity contribution in [3.8, 4) is 0 Å². The van der Waals surface area contributed by atoms with Gasteiger partial charge < -0.3 is 9.67 Å². The molecule has 0 atom stereocenters. The predicted octanol–water partition coefficient (Wildman–Crippen LogP) is 4.04. The van der Waals surface area contributed by atoms with Crippen LogP contribution in [0.3, 0.4) is 0 Å². The molecule has 0 saturated carbocycles. The maximum Gasteiger partial charge on any atom is 0.337 e. The fourth-order valence-corrected chi connectivity index (χ4v) is 2.46. The molecule has 0 saturated heterocycles. The van der Waals surface area contributed by atoms with Crippen LogP contribution in [0.25, 0.3) is 10.9 Å². The second-order valence-electron chi connectivity index (χ2n) is 4.62. The average Bonchev–Trinajstić information content (AvgIpc) is 2.81. The number of aromatic carboxylic acids is 1. The van der Waals surface area contributed by atoms with Crippen LogP contribution in [0.5, 0.6) is 0 Å². The van der Waals surface area contributed by atoms with Gasteiger partial charge in [-0.15, -0.1) is 0 Å². The van der Waals surface area contributed by atoms with Crippen LogP contribution in [-0.2, 0) is 6.54 Å². The molecule has 3 aromatic rings. The minimum absolute atomic E-state index is 0.328. The van der Waals surface area contributed by atoms with Gasteiger partial charge in [0.15, 0.2) is 0 Å². The van der Waals surface area contributed by atoms with E-state index in [2.05, 4.69) is 0 Å². The van der Waals surface area contributed by atoms with Crippen molar-refractivity contribution in [3.05, 3.63) is 70.9 Å². The Kier molecular flexibility index (Phi) is 3.20. The van der Waals surface area contributed by atoms with Gasteiger partial charge in [-0.25, -0.2) is 4.79 Å². The number of aromatic nitrogens is 1. The first-order chi connectivity index (χ1) is 9.65. The highest BCUT2D eigenvalue weighted by atomic mass is 35.5. The molecular formula is C16H12ClNO2. The molecule has 0 aliphatic heterocycles. The second-order valence-corrected chi connectivity index (χ2v) is 5.06. The number of nitrogens with zero attached hydrogens (tertiary/aromatic N) is 1. The summed E-state index contributed by atoms with van der Waals surface area (Å²) >= 11 is 5.87. The molecule has 0 radical (unpaired) electrons. The van der Waals surface area contributed by atoms with Crippen LogP contribution in [0.1, 0.15) is 15.9 Å². The van der Waals surface area contributed by atoms with E-state index in [-0.39, 0.29) is 0 Å². The SMILES string of the molecule is O=C(O)c1cn(Cc2ccc(Cl)cc2)c2ccccc12. The first-order valence-corrected chi connectivity index (χ1v) is 6.58. The van der Waals surface area contributed by atoms with E-state index in [1.54, 1.807) is 6.20 Å². The molecule has 2 aromatic carbocycles. The highest BCUT2D eigenvalue weighted by molar-refractivity contribution is 6.30. The summed E-state index contributed by atoms with van der Waals surface area (Å²) in [5.74, 6) is -0.906. The van der Waals surface area contributed by atoms with E-state index < -0.39 is 5.97 Å². The van der Waals surface area contributed by atoms with Crippen LogP contribution < -0.4 is 0 Å². The normalized spacial score (nSPS) is 10.8. The highest BCUT2D eigenvalue weighted by Crippen LogP contribution is 2.22. The number of hydrogen-bond donors (Lipinski definition) is 1. The number of para-hydroxylation sites is 1. The van der Waals surface area contributed by atoms with E-state index in [1.807, 2.05) is 53.1 Å². The van der Waals surface area contributed by atoms with E-state index in [0.717, 1.165) is 16.5 Å². The van der Waals surface area contributed by atoms with Gasteiger partial charge in [0.25, 0.3) is 0 Å². The monoisotopic (exact) mass is 285 g/mol. The Bertz CT molecular complexity index is 775. The summed E-state index contributed by atoms with van der Waals surface area (Å²) < 4.78 is 1.95. The Morgan fingerprint density at radius 3 is 2.50 bits per heavy atom. The topological polar surface area (TPSA) is 42.2 Å². The predicted molar refractivity (Wildman–Crippen MR) is 79.5 cm³/mol. The third-order valence-corrected chi connectivity index (χ3v) is 3.54. The standard InChI is InChI=1S/C16H12ClNO2/c17-12-7-5-11(6-8-12)9-18-10-14(16(19)20)13-3-1-2-4-15(13)18/h1-8,10H,9H2,(H,19,20). The fraction of sp³-hybridized carbons (Fsp3) is 0.0625. The van der Waals surface area contributed by atoms with Crippen LogP contribution in [0.2, 0.25) is 5.02 Å². The number of halogens is 1. The van der Waals surface area contributed by atoms with E-state index in [0.29, 0.717) is 17.1 Å². The van der Waals surface area contributed by atoms with Gasteiger partial charge in [0.2, 0.25) is 0 Å². The number of hydrogen-bond acceptors (Lipinski definition) is 1. The lowest BCUT2D eigenvalue weighted by Crippen LogP contribution is -1.98. The van der Waals surface area contributed by atoms with E-state index in [1.165, 1.54) is 0 Å². The molecule has 0 aliphatic rings. The fourth-order valence-electron chi connectivity index (χ4n) is 2.33. The van der Waals surface area contributed by atoms with Crippen LogP contribution >= 0.6 is 11.6 Å². The molecular weight excluding hydrogens is 274 g/mol. The number of rotatable bonds is 3. The Balaban J connectivity index is 2.07. The smallest absolute Gasteiger partial charge is 0.337 e. The molecule has 1 aromatic heterocycles. The zero-order valence-electron chi connectivity index (χ0n) is 10.6. The van der Waals surface area contributed by atoms with Crippen molar-refractivity contribution >= 4 is 28.5 Å². The first-order valence-electron chi connectivity index (χ1n) is 6.21. The molecule has 3 nitrogen and oxygen atoms in total. The van der Waals surface area contributed by atoms with Crippen molar-refractivity contribution < 1.29 is 9.90 Å². The minimum Gasteiger partial charge on any atom is -0.478 e. The lowest BCUT2D eigenvalue weighted by Gasteiger charge is -2.05. The quantitative estimate of drug-likeness (QED) is 0.789. The number of carboxylic acid groups (broad SMARTS) is 1. The molecule has 4 heteroatoms. The Labute approximate surface area is 121 Å². The summed E-state index contributed by atoms with van der Waals surface area (Å²) in [5, 5.41) is 10.7. The van der Waals surface area contributed by atoms with Gasteiger partial charge in [0, 0.05) is 28.7 Å². The largest absolute Gasteiger partial charge is 0.478 e. The minimum atomic E-state index is -0.906. The molecule has 0 unspecified atom stereocenters. The van der Waals surface area contributed by atoms with Crippen molar-refractivity contribution in [2.45, 2.75) is 6.54 Å². The summed E-state index contributed by atoms with van der Waals surface area (Å²) in [6.45, 7) is 0.616. The first kappa shape index (κ1) is 12.8. The van der Waals surface area contributed by atoms with E-state index in [4.69, 9.17) is 11.6 Å². The zero-order chi connectivity index (χ0) is 14.1. The molecule has 0 aliphatic carbocycles. The summed E-state index contributed by atoms with van der Waals surface area (Å²) in [5.41, 5.74) is 2.32. The summed E-state index contributed by atoms with van der Waals surface area (Å²) in [6, 6.07) is 15.1. The van der Waals surface area contributed by atoms with Gasteiger partial charge in [-0.05, 0) is 23.8 Å². The second kappa shape index (κ2) is 5.02. The van der Waals surface area contributed by atoms with Crippen molar-refractivity contribution in [3.63, 3.8) is 0 Å². The number of benzene rings is 2. The van der Waals surface area contributed by atoms with Gasteiger partial charge >= 0.3 is 5.97 Å². The van der Waals surface area contributed by atoms with Gasteiger partial charge in [0.1, 0.15) is 0 Å². The number of carbonyl (C=O) groups is 1. The zero-order valence-corrected chi connectivity index (χ0v) is 11.3. The van der Waals surface area contributed by atoms with Gasteiger partial charge in [-0.3, -0.25) is 0 Å². The van der Waals surface area contributed by atoms with Gasteiger partial charge in [0.05, 0.1) is 5.56 Å². The number of carboxylic acids is 1. The summed E-state index contributed by atoms with van der Waals surface area (Å²) in [6.07, 6.45) is 1.68. The third-order valence-electron chi connectivity index (χ3n) is 3.29. The van der Waals surface area contributed by atoms with Gasteiger partial charge in [-0.1, -0.05) is 41.9 Å². The lowest BCUT2D eigenvalue weighted by atomic mass is 10.2. The molecule has 0 fully saturated rings. The molecule has 100 valence electrons. The third kappa shape index (κ3) is 2.28. The molecule has 3 rings (SSSR count). The van der Waals surface area contributed by atoms with Crippen LogP contribution in [-0.4, -0.2) is 15.6 Å². The van der Waals surface area contributed by atoms with E-state index in [9.17, 15) is 9.90 Å². The Morgan fingerprint density at radius 1 is 1.10 bits per heavy atom. The van der Waals surface area contributed by atoms with Crippen LogP contribution in [0.4, 0.5) is 0 Å². The summed E-state index contributed by atoms with van der Waals surface area (Å²) in [7, 11) is 0. The van der Waals surface area contributed by atoms with Gasteiger partial charge in [-0.2, -0.15) is 0 Å².